The van der Waals surface area contributed by atoms with Crippen molar-refractivity contribution < 1.29 is 4.74 Å². The summed E-state index contributed by atoms with van der Waals surface area (Å²) in [5.74, 6) is 0. The second-order valence-corrected chi connectivity index (χ2v) is 1.06. The van der Waals surface area contributed by atoms with Crippen LogP contribution in [0, 0.1) is 0 Å². The molecule has 0 aliphatic heterocycles. The topological polar surface area (TPSA) is 43.9 Å². The summed E-state index contributed by atoms with van der Waals surface area (Å²) in [6.07, 6.45) is 0. The molecule has 0 fully saturated rings. The first kappa shape index (κ1) is 6.56. The van der Waals surface area contributed by atoms with Crippen molar-refractivity contribution in [3.05, 3.63) is 5.53 Å². The molecule has 0 unspecified atom stereocenters. The molecule has 0 N–H and O–H groups in total. The van der Waals surface area contributed by atoms with Crippen LogP contribution in [0.3, 0.4) is 0 Å². The SMILES string of the molecule is CCOCCN=[N-]. The number of ether oxygens (including phenoxy) is 1. The van der Waals surface area contributed by atoms with E-state index in [1.165, 1.54) is 0 Å². The van der Waals surface area contributed by atoms with Gasteiger partial charge < -0.3 is 15.4 Å². The van der Waals surface area contributed by atoms with Crippen LogP contribution in [0.25, 0.3) is 5.53 Å². The molecule has 3 nitrogen and oxygen atoms in total. The Hall–Kier alpha value is -0.440. The lowest BCUT2D eigenvalue weighted by molar-refractivity contribution is 0.155. The van der Waals surface area contributed by atoms with Crippen LogP contribution < -0.4 is 0 Å². The van der Waals surface area contributed by atoms with Gasteiger partial charge in [0, 0.05) is 13.2 Å². The van der Waals surface area contributed by atoms with Crippen LogP contribution in [-0.4, -0.2) is 19.8 Å². The molecule has 0 aromatic carbocycles. The van der Waals surface area contributed by atoms with Crippen LogP contribution in [0.5, 0.6) is 0 Å². The lowest BCUT2D eigenvalue weighted by Crippen LogP contribution is -1.94. The minimum absolute atomic E-state index is 0.383. The zero-order valence-corrected chi connectivity index (χ0v) is 4.42. The van der Waals surface area contributed by atoms with Crippen LogP contribution in [0.15, 0.2) is 5.11 Å². The molecule has 0 radical (unpaired) electrons. The van der Waals surface area contributed by atoms with E-state index in [9.17, 15) is 0 Å². The summed E-state index contributed by atoms with van der Waals surface area (Å²) in [4.78, 5) is 0. The predicted octanol–water partition coefficient (Wildman–Crippen LogP) is 1.04. The van der Waals surface area contributed by atoms with E-state index in [4.69, 9.17) is 10.3 Å². The Balaban J connectivity index is 2.56. The molecule has 0 aliphatic carbocycles. The normalized spacial score (nSPS) is 8.71. The molecule has 0 rings (SSSR count). The third-order valence-electron chi connectivity index (χ3n) is 0.540. The second kappa shape index (κ2) is 5.56. The van der Waals surface area contributed by atoms with E-state index >= 15 is 0 Å². The van der Waals surface area contributed by atoms with Crippen LogP contribution in [0.2, 0.25) is 0 Å². The largest absolute Gasteiger partial charge is 0.712 e. The highest BCUT2D eigenvalue weighted by Crippen LogP contribution is 1.72. The highest BCUT2D eigenvalue weighted by molar-refractivity contribution is 4.34. The lowest BCUT2D eigenvalue weighted by Gasteiger charge is -1.95. The van der Waals surface area contributed by atoms with Crippen molar-refractivity contribution in [2.24, 2.45) is 5.11 Å². The molecule has 0 aromatic heterocycles. The van der Waals surface area contributed by atoms with E-state index in [1.807, 2.05) is 6.92 Å². The van der Waals surface area contributed by atoms with Crippen molar-refractivity contribution in [3.8, 4) is 0 Å². The molecular weight excluding hydrogens is 92.1 g/mol. The van der Waals surface area contributed by atoms with Gasteiger partial charge in [-0.15, -0.1) is 0 Å². The molecule has 3 heteroatoms. The van der Waals surface area contributed by atoms with E-state index in [1.54, 1.807) is 0 Å². The van der Waals surface area contributed by atoms with Gasteiger partial charge in [0.05, 0.1) is 6.61 Å². The molecule has 0 heterocycles. The Morgan fingerprint density at radius 3 is 2.86 bits per heavy atom. The summed E-state index contributed by atoms with van der Waals surface area (Å²) in [6.45, 7) is 3.49. The van der Waals surface area contributed by atoms with Crippen LogP contribution >= 0.6 is 0 Å². The summed E-state index contributed by atoms with van der Waals surface area (Å²) in [5.41, 5.74) is 7.84. The van der Waals surface area contributed by atoms with Gasteiger partial charge >= 0.3 is 0 Å². The predicted molar refractivity (Wildman–Crippen MR) is 27.1 cm³/mol. The monoisotopic (exact) mass is 101 g/mol. The van der Waals surface area contributed by atoms with Crippen molar-refractivity contribution in [2.75, 3.05) is 19.8 Å². The van der Waals surface area contributed by atoms with E-state index in [2.05, 4.69) is 5.11 Å². The molecule has 0 spiro atoms. The third-order valence-corrected chi connectivity index (χ3v) is 0.540. The molecule has 0 aromatic rings. The Bertz CT molecular complexity index is 47.0. The molecule has 0 bridgehead atoms. The molecular formula is C4H9N2O-. The quantitative estimate of drug-likeness (QED) is 0.385. The maximum atomic E-state index is 7.84. The van der Waals surface area contributed by atoms with Crippen LogP contribution in [0.4, 0.5) is 0 Å². The van der Waals surface area contributed by atoms with Crippen molar-refractivity contribution in [3.63, 3.8) is 0 Å². The van der Waals surface area contributed by atoms with Gasteiger partial charge in [-0.25, -0.2) is 0 Å². The molecule has 0 saturated carbocycles. The Morgan fingerprint density at radius 2 is 2.43 bits per heavy atom. The van der Waals surface area contributed by atoms with Gasteiger partial charge in [0.15, 0.2) is 0 Å². The van der Waals surface area contributed by atoms with Gasteiger partial charge in [0.1, 0.15) is 0 Å². The van der Waals surface area contributed by atoms with Gasteiger partial charge in [0.2, 0.25) is 0 Å². The Labute approximate surface area is 43.2 Å². The average Bonchev–Trinajstić information content (AvgIpc) is 1.69. The summed E-state index contributed by atoms with van der Waals surface area (Å²) in [5, 5.41) is 2.85. The van der Waals surface area contributed by atoms with Crippen LogP contribution in [0.1, 0.15) is 6.92 Å². The fourth-order valence-electron chi connectivity index (χ4n) is 0.250. The lowest BCUT2D eigenvalue weighted by atomic mass is 10.7. The Kier molecular flexibility index (Phi) is 5.21. The first-order valence-electron chi connectivity index (χ1n) is 2.30. The summed E-state index contributed by atoms with van der Waals surface area (Å²) in [6, 6.07) is 0. The van der Waals surface area contributed by atoms with Crippen molar-refractivity contribution in [1.82, 2.24) is 0 Å². The summed E-state index contributed by atoms with van der Waals surface area (Å²) in [7, 11) is 0. The minimum atomic E-state index is 0.383. The van der Waals surface area contributed by atoms with Gasteiger partial charge in [-0.2, -0.15) is 0 Å². The number of rotatable bonds is 4. The van der Waals surface area contributed by atoms with Crippen molar-refractivity contribution >= 4 is 0 Å². The zero-order valence-electron chi connectivity index (χ0n) is 4.42. The molecule has 0 aliphatic rings. The molecule has 0 amide bonds. The number of hydrogen-bond donors (Lipinski definition) is 0. The van der Waals surface area contributed by atoms with Crippen LogP contribution in [-0.2, 0) is 4.74 Å². The molecule has 42 valence electrons. The fourth-order valence-corrected chi connectivity index (χ4v) is 0.250. The number of hydrogen-bond acceptors (Lipinski definition) is 2. The van der Waals surface area contributed by atoms with E-state index in [-0.39, 0.29) is 0 Å². The highest BCUT2D eigenvalue weighted by Gasteiger charge is 1.73. The van der Waals surface area contributed by atoms with Gasteiger partial charge in [-0.05, 0) is 6.92 Å². The van der Waals surface area contributed by atoms with E-state index in [0.717, 1.165) is 0 Å². The summed E-state index contributed by atoms with van der Waals surface area (Å²) < 4.78 is 4.82. The number of nitrogens with zero attached hydrogens (tertiary/aromatic N) is 2. The first-order chi connectivity index (χ1) is 3.41. The van der Waals surface area contributed by atoms with E-state index < -0.39 is 0 Å². The minimum Gasteiger partial charge on any atom is -0.712 e. The third kappa shape index (κ3) is 5.56. The standard InChI is InChI=1S/C4H9N2O/c1-2-7-4-3-6-5/h2-4H2,1H3/q-1. The van der Waals surface area contributed by atoms with Crippen molar-refractivity contribution in [1.29, 1.82) is 0 Å². The smallest absolute Gasteiger partial charge is 0.0642 e. The maximum Gasteiger partial charge on any atom is 0.0642 e. The average molecular weight is 101 g/mol. The summed E-state index contributed by atoms with van der Waals surface area (Å²) >= 11 is 0. The molecule has 7 heavy (non-hydrogen) atoms. The zero-order chi connectivity index (χ0) is 5.54. The molecule has 0 atom stereocenters. The second-order valence-electron chi connectivity index (χ2n) is 1.06. The van der Waals surface area contributed by atoms with Gasteiger partial charge in [-0.3, -0.25) is 0 Å². The highest BCUT2D eigenvalue weighted by atomic mass is 16.5. The maximum absolute atomic E-state index is 7.84. The fraction of sp³-hybridized carbons (Fsp3) is 1.00. The molecule has 0 saturated heterocycles. The van der Waals surface area contributed by atoms with Gasteiger partial charge in [0.25, 0.3) is 0 Å². The van der Waals surface area contributed by atoms with E-state index in [0.29, 0.717) is 19.8 Å². The Morgan fingerprint density at radius 1 is 1.71 bits per heavy atom. The van der Waals surface area contributed by atoms with Gasteiger partial charge in [-0.1, -0.05) is 0 Å². The van der Waals surface area contributed by atoms with Crippen molar-refractivity contribution in [2.45, 2.75) is 6.92 Å². The first-order valence-corrected chi connectivity index (χ1v) is 2.30.